The highest BCUT2D eigenvalue weighted by Gasteiger charge is 2.60. The molecule has 0 unspecified atom stereocenters. The molecule has 4 aliphatic carbocycles. The lowest BCUT2D eigenvalue weighted by Gasteiger charge is -2.63. The summed E-state index contributed by atoms with van der Waals surface area (Å²) in [5.74, 6) is 3.78. The molecular formula is C22H29NO3. The van der Waals surface area contributed by atoms with Gasteiger partial charge >= 0.3 is 0 Å². The maximum Gasteiger partial charge on any atom is 0.247 e. The maximum absolute atomic E-state index is 13.1. The fourth-order valence-corrected chi connectivity index (χ4v) is 6.86. The van der Waals surface area contributed by atoms with E-state index >= 15 is 0 Å². The van der Waals surface area contributed by atoms with Crippen molar-refractivity contribution in [1.82, 2.24) is 5.06 Å². The highest BCUT2D eigenvalue weighted by molar-refractivity contribution is 5.77. The van der Waals surface area contributed by atoms with Crippen LogP contribution in [-0.4, -0.2) is 35.3 Å². The average molecular weight is 355 g/mol. The molecule has 1 saturated heterocycles. The van der Waals surface area contributed by atoms with Gasteiger partial charge in [-0.25, -0.2) is 5.06 Å². The summed E-state index contributed by atoms with van der Waals surface area (Å²) in [6.07, 6.45) is 5.03. The van der Waals surface area contributed by atoms with Gasteiger partial charge in [-0.1, -0.05) is 37.3 Å². The molecule has 4 nitrogen and oxygen atoms in total. The number of rotatable bonds is 3. The van der Waals surface area contributed by atoms with Crippen LogP contribution in [0.25, 0.3) is 0 Å². The summed E-state index contributed by atoms with van der Waals surface area (Å²) in [6, 6.07) is 10.8. The second-order valence-corrected chi connectivity index (χ2v) is 9.20. The third kappa shape index (κ3) is 2.38. The van der Waals surface area contributed by atoms with Crippen molar-refractivity contribution in [1.29, 1.82) is 0 Å². The Kier molecular flexibility index (Phi) is 3.91. The monoisotopic (exact) mass is 355 g/mol. The normalized spacial score (nSPS) is 43.8. The van der Waals surface area contributed by atoms with E-state index in [0.717, 1.165) is 17.8 Å². The lowest BCUT2D eigenvalue weighted by Crippen LogP contribution is -2.59. The van der Waals surface area contributed by atoms with Crippen molar-refractivity contribution in [2.24, 2.45) is 29.6 Å². The predicted molar refractivity (Wildman–Crippen MR) is 98.0 cm³/mol. The van der Waals surface area contributed by atoms with Crippen molar-refractivity contribution >= 4 is 5.91 Å². The van der Waals surface area contributed by atoms with Gasteiger partial charge in [0.1, 0.15) is 6.61 Å². The average Bonchev–Trinajstić information content (AvgIpc) is 3.07. The zero-order chi connectivity index (χ0) is 17.9. The standard InChI is InChI=1S/C22H29NO3/c1-14-15-7-18-9-16(14)10-19(8-15)22(18,17-5-3-2-4-6-17)11-21(25)23-12-20(24)13-26-23/h2-6,14-16,18-20,24H,7-13H2,1H3/t14?,15?,16?,18?,19?,20-,22?/m0/s1. The first kappa shape index (κ1) is 16.8. The van der Waals surface area contributed by atoms with Crippen molar-refractivity contribution in [3.63, 3.8) is 0 Å². The van der Waals surface area contributed by atoms with Crippen molar-refractivity contribution < 1.29 is 14.7 Å². The minimum Gasteiger partial charge on any atom is -0.389 e. The largest absolute Gasteiger partial charge is 0.389 e. The summed E-state index contributed by atoms with van der Waals surface area (Å²) < 4.78 is 0. The van der Waals surface area contributed by atoms with Gasteiger partial charge in [-0.05, 0) is 60.8 Å². The molecule has 26 heavy (non-hydrogen) atoms. The Morgan fingerprint density at radius 1 is 1.15 bits per heavy atom. The van der Waals surface area contributed by atoms with E-state index in [-0.39, 0.29) is 17.9 Å². The highest BCUT2D eigenvalue weighted by Crippen LogP contribution is 2.65. The van der Waals surface area contributed by atoms with E-state index in [9.17, 15) is 9.90 Å². The van der Waals surface area contributed by atoms with Crippen LogP contribution in [0.15, 0.2) is 30.3 Å². The number of β-amino-alcohol motifs (C(OH)–C–C–N with tert-alkyl or cyclic N) is 1. The van der Waals surface area contributed by atoms with E-state index in [4.69, 9.17) is 4.84 Å². The van der Waals surface area contributed by atoms with Crippen LogP contribution in [0.4, 0.5) is 0 Å². The first-order valence-corrected chi connectivity index (χ1v) is 10.2. The van der Waals surface area contributed by atoms with E-state index in [1.165, 1.54) is 36.3 Å². The van der Waals surface area contributed by atoms with Crippen LogP contribution < -0.4 is 0 Å². The van der Waals surface area contributed by atoms with Gasteiger partial charge in [0.25, 0.3) is 0 Å². The van der Waals surface area contributed by atoms with Gasteiger partial charge in [-0.15, -0.1) is 0 Å². The van der Waals surface area contributed by atoms with Gasteiger partial charge in [-0.3, -0.25) is 9.63 Å². The van der Waals surface area contributed by atoms with Crippen LogP contribution in [0, 0.1) is 29.6 Å². The maximum atomic E-state index is 13.1. The summed E-state index contributed by atoms with van der Waals surface area (Å²) in [6.45, 7) is 2.99. The Balaban J connectivity index is 1.50. The number of benzene rings is 1. The number of hydrogen-bond donors (Lipinski definition) is 1. The molecule has 5 fully saturated rings. The Bertz CT molecular complexity index is 658. The molecule has 0 radical (unpaired) electrons. The number of carbonyl (C=O) groups is 1. The van der Waals surface area contributed by atoms with Gasteiger partial charge in [0, 0.05) is 11.8 Å². The molecule has 1 N–H and O–H groups in total. The fourth-order valence-electron chi connectivity index (χ4n) is 6.86. The Labute approximate surface area is 155 Å². The molecule has 0 aromatic heterocycles. The summed E-state index contributed by atoms with van der Waals surface area (Å²) >= 11 is 0. The number of aliphatic hydroxyl groups is 1. The van der Waals surface area contributed by atoms with E-state index in [1.54, 1.807) is 0 Å². The van der Waals surface area contributed by atoms with E-state index < -0.39 is 6.10 Å². The summed E-state index contributed by atoms with van der Waals surface area (Å²) in [4.78, 5) is 18.6. The number of nitrogens with zero attached hydrogens (tertiary/aromatic N) is 1. The minimum absolute atomic E-state index is 0.0472. The second-order valence-electron chi connectivity index (χ2n) is 9.20. The molecule has 5 aliphatic rings. The molecule has 1 aliphatic heterocycles. The number of carbonyl (C=O) groups excluding carboxylic acids is 1. The molecular weight excluding hydrogens is 326 g/mol. The second kappa shape index (κ2) is 6.07. The molecule has 4 bridgehead atoms. The first-order chi connectivity index (χ1) is 12.6. The van der Waals surface area contributed by atoms with Crippen molar-refractivity contribution in [2.75, 3.05) is 13.2 Å². The summed E-state index contributed by atoms with van der Waals surface area (Å²) in [5, 5.41) is 11.2. The molecule has 4 heteroatoms. The lowest BCUT2D eigenvalue weighted by atomic mass is 9.41. The van der Waals surface area contributed by atoms with Crippen molar-refractivity contribution in [3.8, 4) is 0 Å². The molecule has 1 heterocycles. The number of aliphatic hydroxyl groups excluding tert-OH is 1. The van der Waals surface area contributed by atoms with Crippen molar-refractivity contribution in [3.05, 3.63) is 35.9 Å². The third-order valence-corrected chi connectivity index (χ3v) is 8.13. The summed E-state index contributed by atoms with van der Waals surface area (Å²) in [5.41, 5.74) is 1.29. The van der Waals surface area contributed by atoms with Gasteiger partial charge in [-0.2, -0.15) is 0 Å². The van der Waals surface area contributed by atoms with E-state index in [0.29, 0.717) is 24.8 Å². The Hall–Kier alpha value is -1.39. The SMILES string of the molecule is CC1C2CC3CC1CC(C2)C3(CC(=O)N1C[C@H](O)CO1)c1ccccc1. The van der Waals surface area contributed by atoms with Crippen LogP contribution in [0.2, 0.25) is 0 Å². The molecule has 1 aromatic rings. The fraction of sp³-hybridized carbons (Fsp3) is 0.682. The van der Waals surface area contributed by atoms with Crippen LogP contribution in [-0.2, 0) is 15.0 Å². The first-order valence-electron chi connectivity index (χ1n) is 10.2. The van der Waals surface area contributed by atoms with Crippen molar-refractivity contribution in [2.45, 2.75) is 50.5 Å². The molecule has 1 aromatic carbocycles. The highest BCUT2D eigenvalue weighted by atomic mass is 16.7. The Morgan fingerprint density at radius 2 is 1.77 bits per heavy atom. The van der Waals surface area contributed by atoms with Gasteiger partial charge < -0.3 is 5.11 Å². The van der Waals surface area contributed by atoms with Gasteiger partial charge in [0.2, 0.25) is 5.91 Å². The molecule has 1 atom stereocenters. The molecule has 140 valence electrons. The van der Waals surface area contributed by atoms with E-state index in [2.05, 4.69) is 37.3 Å². The zero-order valence-electron chi connectivity index (χ0n) is 15.5. The van der Waals surface area contributed by atoms with Crippen LogP contribution in [0.1, 0.15) is 44.6 Å². The minimum atomic E-state index is -0.550. The van der Waals surface area contributed by atoms with Crippen LogP contribution in [0.3, 0.4) is 0 Å². The molecule has 0 spiro atoms. The van der Waals surface area contributed by atoms with Crippen LogP contribution in [0.5, 0.6) is 0 Å². The van der Waals surface area contributed by atoms with Gasteiger partial charge in [0.05, 0.1) is 12.6 Å². The molecule has 1 amide bonds. The van der Waals surface area contributed by atoms with E-state index in [1.807, 2.05) is 0 Å². The smallest absolute Gasteiger partial charge is 0.247 e. The van der Waals surface area contributed by atoms with Gasteiger partial charge in [0.15, 0.2) is 0 Å². The lowest BCUT2D eigenvalue weighted by molar-refractivity contribution is -0.176. The topological polar surface area (TPSA) is 49.8 Å². The zero-order valence-corrected chi connectivity index (χ0v) is 15.5. The Morgan fingerprint density at radius 3 is 2.31 bits per heavy atom. The molecule has 6 rings (SSSR count). The molecule has 4 saturated carbocycles. The number of hydrogen-bond acceptors (Lipinski definition) is 3. The predicted octanol–water partition coefficient (Wildman–Crippen LogP) is 3.15. The van der Waals surface area contributed by atoms with Crippen LogP contribution >= 0.6 is 0 Å². The summed E-state index contributed by atoms with van der Waals surface area (Å²) in [7, 11) is 0. The number of hydroxylamine groups is 2. The number of amides is 1. The quantitative estimate of drug-likeness (QED) is 0.906. The third-order valence-electron chi connectivity index (χ3n) is 8.13.